The van der Waals surface area contributed by atoms with Crippen molar-refractivity contribution in [1.29, 1.82) is 0 Å². The summed E-state index contributed by atoms with van der Waals surface area (Å²) in [6.45, 7) is 2.74. The molecule has 2 heterocycles. The molecule has 0 spiro atoms. The van der Waals surface area contributed by atoms with Crippen molar-refractivity contribution in [2.75, 3.05) is 5.73 Å². The third kappa shape index (κ3) is 3.31. The van der Waals surface area contributed by atoms with Crippen LogP contribution in [0.25, 0.3) is 0 Å². The van der Waals surface area contributed by atoms with Crippen molar-refractivity contribution in [2.24, 2.45) is 0 Å². The molecule has 0 bridgehead atoms. The van der Waals surface area contributed by atoms with Crippen molar-refractivity contribution in [2.45, 2.75) is 25.4 Å². The first-order valence-electron chi connectivity index (χ1n) is 6.01. The van der Waals surface area contributed by atoms with E-state index in [1.165, 1.54) is 19.2 Å². The van der Waals surface area contributed by atoms with Gasteiger partial charge in [-0.3, -0.25) is 18.9 Å². The minimum absolute atomic E-state index is 0.105. The first kappa shape index (κ1) is 17.3. The van der Waals surface area contributed by atoms with Crippen molar-refractivity contribution in [3.05, 3.63) is 11.1 Å². The monoisotopic (exact) mass is 364 g/mol. The van der Waals surface area contributed by atoms with Gasteiger partial charge in [0.25, 0.3) is 17.6 Å². The molecule has 1 atom stereocenters. The van der Waals surface area contributed by atoms with Crippen LogP contribution in [-0.2, 0) is 24.3 Å². The lowest BCUT2D eigenvalue weighted by atomic mass is 9.84. The Morgan fingerprint density at radius 2 is 2.13 bits per heavy atom. The van der Waals surface area contributed by atoms with Gasteiger partial charge in [-0.15, -0.1) is 15.6 Å². The number of thiazole rings is 1. The summed E-state index contributed by atoms with van der Waals surface area (Å²) in [4.78, 5) is 39.2. The summed E-state index contributed by atoms with van der Waals surface area (Å²) >= 11 is 0.972. The minimum Gasteiger partial charge on any atom is -0.375 e. The van der Waals surface area contributed by atoms with Crippen LogP contribution in [0, 0.1) is 0 Å². The second-order valence-corrected chi connectivity index (χ2v) is 6.99. The quantitative estimate of drug-likeness (QED) is 0.250. The van der Waals surface area contributed by atoms with Gasteiger partial charge < -0.3 is 11.1 Å². The highest BCUT2D eigenvalue weighted by atomic mass is 32.3. The molecule has 23 heavy (non-hydrogen) atoms. The number of β-lactam (4-membered cyclic amide) rings is 1. The fourth-order valence-electron chi connectivity index (χ4n) is 1.92. The summed E-state index contributed by atoms with van der Waals surface area (Å²) in [5.74, 6) is -3.03. The van der Waals surface area contributed by atoms with Gasteiger partial charge in [-0.2, -0.15) is 13.5 Å². The molecule has 1 aliphatic heterocycles. The average molecular weight is 364 g/mol. The molecule has 1 aliphatic rings. The van der Waals surface area contributed by atoms with Crippen LogP contribution in [0.1, 0.15) is 24.3 Å². The van der Waals surface area contributed by atoms with E-state index in [1.807, 2.05) is 0 Å². The Bertz CT molecular complexity index is 785. The van der Waals surface area contributed by atoms with Crippen LogP contribution in [0.15, 0.2) is 5.38 Å². The van der Waals surface area contributed by atoms with Gasteiger partial charge in [-0.25, -0.2) is 4.98 Å². The molecule has 13 heteroatoms. The van der Waals surface area contributed by atoms with Gasteiger partial charge in [0, 0.05) is 5.38 Å². The van der Waals surface area contributed by atoms with E-state index in [-0.39, 0.29) is 10.8 Å². The van der Waals surface area contributed by atoms with Crippen molar-refractivity contribution in [1.82, 2.24) is 15.4 Å². The molecular weight excluding hydrogens is 352 g/mol. The normalized spacial score (nSPS) is 20.0. The molecule has 126 valence electrons. The maximum atomic E-state index is 11.9. The SMILES string of the molecule is CC1(C)[C@H](NC(=O)C(=O)c2csc(N)n2)C(=O)N1OS(=O)(=O)O. The number of amides is 2. The van der Waals surface area contributed by atoms with Gasteiger partial charge in [-0.1, -0.05) is 0 Å². The number of aromatic nitrogens is 1. The number of hydroxylamine groups is 2. The Hall–Kier alpha value is -2.09. The van der Waals surface area contributed by atoms with Crippen molar-refractivity contribution in [3.63, 3.8) is 0 Å². The molecule has 1 aromatic heterocycles. The molecule has 2 rings (SSSR count). The standard InChI is InChI=1S/C10H12N4O7S2/c1-10(2)6(8(17)14(10)21-23(18,19)20)13-7(16)5(15)4-3-22-9(11)12-4/h3,6H,1-2H3,(H2,11,12)(H,13,16)(H,18,19,20)/t6-/m1/s1. The van der Waals surface area contributed by atoms with Gasteiger partial charge >= 0.3 is 10.4 Å². The van der Waals surface area contributed by atoms with Crippen LogP contribution >= 0.6 is 11.3 Å². The summed E-state index contributed by atoms with van der Waals surface area (Å²) in [6.07, 6.45) is 0. The number of hydrogen-bond donors (Lipinski definition) is 3. The maximum Gasteiger partial charge on any atom is 0.418 e. The zero-order chi connectivity index (χ0) is 17.6. The number of anilines is 1. The van der Waals surface area contributed by atoms with Gasteiger partial charge in [0.15, 0.2) is 5.13 Å². The fraction of sp³-hybridized carbons (Fsp3) is 0.400. The lowest BCUT2D eigenvalue weighted by Crippen LogP contribution is -2.76. The zero-order valence-corrected chi connectivity index (χ0v) is 13.5. The van der Waals surface area contributed by atoms with E-state index >= 15 is 0 Å². The Balaban J connectivity index is 2.08. The smallest absolute Gasteiger partial charge is 0.375 e. The van der Waals surface area contributed by atoms with Crippen LogP contribution in [0.2, 0.25) is 0 Å². The number of carbonyl (C=O) groups is 3. The average Bonchev–Trinajstić information content (AvgIpc) is 2.86. The Labute approximate surface area is 134 Å². The Kier molecular flexibility index (Phi) is 4.14. The summed E-state index contributed by atoms with van der Waals surface area (Å²) in [5, 5.41) is 3.95. The minimum atomic E-state index is -4.89. The largest absolute Gasteiger partial charge is 0.418 e. The molecule has 4 N–H and O–H groups in total. The van der Waals surface area contributed by atoms with Crippen molar-refractivity contribution >= 4 is 44.5 Å². The van der Waals surface area contributed by atoms with Crippen LogP contribution < -0.4 is 11.1 Å². The number of nitrogens with one attached hydrogen (secondary N) is 1. The number of carbonyl (C=O) groups excluding carboxylic acids is 3. The van der Waals surface area contributed by atoms with Crippen LogP contribution in [0.3, 0.4) is 0 Å². The third-order valence-electron chi connectivity index (χ3n) is 3.08. The summed E-state index contributed by atoms with van der Waals surface area (Å²) < 4.78 is 34.1. The number of nitrogens with zero attached hydrogens (tertiary/aromatic N) is 2. The number of ketones is 1. The predicted molar refractivity (Wildman–Crippen MR) is 76.3 cm³/mol. The molecule has 1 saturated heterocycles. The van der Waals surface area contributed by atoms with Crippen LogP contribution in [0.5, 0.6) is 0 Å². The Morgan fingerprint density at radius 1 is 1.52 bits per heavy atom. The highest BCUT2D eigenvalue weighted by molar-refractivity contribution is 7.80. The Morgan fingerprint density at radius 3 is 2.57 bits per heavy atom. The zero-order valence-electron chi connectivity index (χ0n) is 11.8. The molecule has 0 radical (unpaired) electrons. The molecule has 11 nitrogen and oxygen atoms in total. The van der Waals surface area contributed by atoms with E-state index in [1.54, 1.807) is 0 Å². The highest BCUT2D eigenvalue weighted by Gasteiger charge is 2.58. The summed E-state index contributed by atoms with van der Waals surface area (Å²) in [6, 6.07) is -1.21. The van der Waals surface area contributed by atoms with Gasteiger partial charge in [0.05, 0.1) is 5.54 Å². The molecule has 0 saturated carbocycles. The molecule has 0 aromatic carbocycles. The molecule has 0 aliphatic carbocycles. The van der Waals surface area contributed by atoms with Gasteiger partial charge in [-0.05, 0) is 13.8 Å². The number of Topliss-reactive ketones (excluding diaryl/α,β-unsaturated/α-hetero) is 1. The van der Waals surface area contributed by atoms with E-state index in [9.17, 15) is 22.8 Å². The highest BCUT2D eigenvalue weighted by Crippen LogP contribution is 2.32. The lowest BCUT2D eigenvalue weighted by molar-refractivity contribution is -0.218. The maximum absolute atomic E-state index is 11.9. The topological polar surface area (TPSA) is 169 Å². The molecule has 0 unspecified atom stereocenters. The molecular formula is C10H12N4O7S2. The predicted octanol–water partition coefficient (Wildman–Crippen LogP) is -1.25. The molecule has 1 fully saturated rings. The van der Waals surface area contributed by atoms with Crippen molar-refractivity contribution in [3.8, 4) is 0 Å². The van der Waals surface area contributed by atoms with E-state index < -0.39 is 39.6 Å². The number of rotatable bonds is 5. The summed E-state index contributed by atoms with van der Waals surface area (Å²) in [7, 11) is -4.89. The van der Waals surface area contributed by atoms with E-state index in [0.29, 0.717) is 5.06 Å². The van der Waals surface area contributed by atoms with E-state index in [4.69, 9.17) is 10.3 Å². The second-order valence-electron chi connectivity index (χ2n) is 5.10. The van der Waals surface area contributed by atoms with Gasteiger partial charge in [0.1, 0.15) is 11.7 Å². The van der Waals surface area contributed by atoms with E-state index in [0.717, 1.165) is 11.3 Å². The van der Waals surface area contributed by atoms with Crippen LogP contribution in [0.4, 0.5) is 5.13 Å². The lowest BCUT2D eigenvalue weighted by Gasteiger charge is -2.50. The summed E-state index contributed by atoms with van der Waals surface area (Å²) in [5.41, 5.74) is 3.90. The molecule has 1 aromatic rings. The number of nitrogen functional groups attached to an aromatic ring is 1. The third-order valence-corrected chi connectivity index (χ3v) is 4.09. The number of nitrogens with two attached hydrogens (primary N) is 1. The van der Waals surface area contributed by atoms with Crippen LogP contribution in [-0.4, -0.2) is 52.2 Å². The fourth-order valence-corrected chi connectivity index (χ4v) is 2.92. The number of hydrogen-bond acceptors (Lipinski definition) is 9. The second kappa shape index (κ2) is 5.52. The van der Waals surface area contributed by atoms with Gasteiger partial charge in [0.2, 0.25) is 0 Å². The molecule has 2 amide bonds. The first-order chi connectivity index (χ1) is 10.4. The van der Waals surface area contributed by atoms with Crippen molar-refractivity contribution < 1.29 is 31.6 Å². The van der Waals surface area contributed by atoms with E-state index in [2.05, 4.69) is 14.6 Å². The first-order valence-corrected chi connectivity index (χ1v) is 8.25.